The van der Waals surface area contributed by atoms with Crippen LogP contribution in [0.4, 0.5) is 10.9 Å². The van der Waals surface area contributed by atoms with E-state index < -0.39 is 5.97 Å². The number of hydrogen-bond acceptors (Lipinski definition) is 9. The van der Waals surface area contributed by atoms with Crippen molar-refractivity contribution >= 4 is 28.3 Å². The first kappa shape index (κ1) is 18.1. The van der Waals surface area contributed by atoms with Gasteiger partial charge >= 0.3 is 5.97 Å². The van der Waals surface area contributed by atoms with Gasteiger partial charge in [0.25, 0.3) is 0 Å². The molecule has 1 aliphatic rings. The van der Waals surface area contributed by atoms with Gasteiger partial charge in [0, 0.05) is 50.7 Å². The van der Waals surface area contributed by atoms with Crippen LogP contribution < -0.4 is 10.6 Å². The Hall–Kier alpha value is -2.70. The van der Waals surface area contributed by atoms with E-state index in [4.69, 9.17) is 10.5 Å². The van der Waals surface area contributed by atoms with Gasteiger partial charge in [0.15, 0.2) is 0 Å². The number of carbonyl (C=O) groups is 1. The van der Waals surface area contributed by atoms with Gasteiger partial charge in [-0.3, -0.25) is 4.90 Å². The van der Waals surface area contributed by atoms with Gasteiger partial charge in [0.1, 0.15) is 15.9 Å². The van der Waals surface area contributed by atoms with Crippen LogP contribution in [-0.2, 0) is 11.3 Å². The summed E-state index contributed by atoms with van der Waals surface area (Å²) in [5.74, 6) is 0.300. The van der Waals surface area contributed by atoms with Crippen LogP contribution in [0.3, 0.4) is 0 Å². The molecule has 0 radical (unpaired) electrons. The fourth-order valence-electron chi connectivity index (χ4n) is 2.90. The number of nitrogens with zero attached hydrogens (tertiary/aromatic N) is 5. The Kier molecular flexibility index (Phi) is 5.65. The lowest BCUT2D eigenvalue weighted by molar-refractivity contribution is 0.0529. The second kappa shape index (κ2) is 8.12. The summed E-state index contributed by atoms with van der Waals surface area (Å²) < 4.78 is 5.11. The van der Waals surface area contributed by atoms with Crippen molar-refractivity contribution in [2.75, 3.05) is 43.4 Å². The van der Waals surface area contributed by atoms with Crippen LogP contribution in [-0.4, -0.2) is 53.6 Å². The molecule has 0 atom stereocenters. The fraction of sp³-hybridized carbons (Fsp3) is 0.412. The molecule has 2 aromatic rings. The van der Waals surface area contributed by atoms with Gasteiger partial charge < -0.3 is 15.4 Å². The Labute approximate surface area is 155 Å². The van der Waals surface area contributed by atoms with Crippen LogP contribution in [0.2, 0.25) is 0 Å². The third-order valence-corrected chi connectivity index (χ3v) is 5.24. The average Bonchev–Trinajstić information content (AvgIpc) is 2.98. The van der Waals surface area contributed by atoms with E-state index in [1.807, 2.05) is 0 Å². The second-order valence-corrected chi connectivity index (χ2v) is 6.85. The summed E-state index contributed by atoms with van der Waals surface area (Å²) in [7, 11) is 0. The molecule has 1 saturated heterocycles. The lowest BCUT2D eigenvalue weighted by Crippen LogP contribution is -2.46. The molecule has 8 nitrogen and oxygen atoms in total. The van der Waals surface area contributed by atoms with Gasteiger partial charge in [0.2, 0.25) is 5.95 Å². The van der Waals surface area contributed by atoms with Crippen molar-refractivity contribution in [2.45, 2.75) is 13.5 Å². The normalized spacial score (nSPS) is 14.8. The zero-order valence-electron chi connectivity index (χ0n) is 14.5. The first-order valence-electron chi connectivity index (χ1n) is 8.36. The van der Waals surface area contributed by atoms with E-state index in [-0.39, 0.29) is 6.61 Å². The minimum Gasteiger partial charge on any atom is -0.462 e. The number of hydrogen-bond donors (Lipinski definition) is 1. The molecule has 0 amide bonds. The van der Waals surface area contributed by atoms with Gasteiger partial charge in [-0.1, -0.05) is 0 Å². The van der Waals surface area contributed by atoms with Crippen LogP contribution in [0.25, 0.3) is 0 Å². The number of nitriles is 1. The number of piperazine rings is 1. The van der Waals surface area contributed by atoms with E-state index >= 15 is 0 Å². The highest BCUT2D eigenvalue weighted by Gasteiger charge is 2.26. The molecule has 0 unspecified atom stereocenters. The highest BCUT2D eigenvalue weighted by atomic mass is 32.1. The molecule has 1 fully saturated rings. The number of rotatable bonds is 5. The smallest absolute Gasteiger partial charge is 0.348 e. The third-order valence-electron chi connectivity index (χ3n) is 4.20. The van der Waals surface area contributed by atoms with Crippen molar-refractivity contribution in [1.29, 1.82) is 5.26 Å². The molecule has 0 spiro atoms. The average molecular weight is 372 g/mol. The predicted molar refractivity (Wildman–Crippen MR) is 98.9 cm³/mol. The maximum Gasteiger partial charge on any atom is 0.348 e. The molecule has 3 heterocycles. The zero-order chi connectivity index (χ0) is 18.5. The molecule has 3 rings (SSSR count). The molecule has 0 saturated carbocycles. The molecule has 0 aliphatic carbocycles. The summed E-state index contributed by atoms with van der Waals surface area (Å²) in [5.41, 5.74) is 6.98. The first-order valence-corrected chi connectivity index (χ1v) is 9.18. The van der Waals surface area contributed by atoms with Gasteiger partial charge in [0.05, 0.1) is 12.2 Å². The maximum absolute atomic E-state index is 12.2. The van der Waals surface area contributed by atoms with Crippen LogP contribution >= 0.6 is 11.3 Å². The number of esters is 1. The topological polar surface area (TPSA) is 108 Å². The van der Waals surface area contributed by atoms with E-state index in [0.29, 0.717) is 27.5 Å². The molecule has 2 aromatic heterocycles. The van der Waals surface area contributed by atoms with Crippen LogP contribution in [0.1, 0.15) is 27.7 Å². The van der Waals surface area contributed by atoms with Crippen LogP contribution in [0, 0.1) is 11.3 Å². The van der Waals surface area contributed by atoms with Crippen LogP contribution in [0.5, 0.6) is 0 Å². The largest absolute Gasteiger partial charge is 0.462 e. The summed E-state index contributed by atoms with van der Waals surface area (Å²) in [5, 5.41) is 9.79. The highest BCUT2D eigenvalue weighted by Crippen LogP contribution is 2.32. The van der Waals surface area contributed by atoms with E-state index in [1.54, 1.807) is 25.4 Å². The molecular weight excluding hydrogens is 352 g/mol. The fourth-order valence-corrected chi connectivity index (χ4v) is 3.83. The van der Waals surface area contributed by atoms with Crippen molar-refractivity contribution < 1.29 is 9.53 Å². The monoisotopic (exact) mass is 372 g/mol. The lowest BCUT2D eigenvalue weighted by Gasteiger charge is -2.34. The van der Waals surface area contributed by atoms with Crippen molar-refractivity contribution in [3.63, 3.8) is 0 Å². The number of ether oxygens (including phenoxy) is 1. The number of aromatic nitrogens is 2. The summed E-state index contributed by atoms with van der Waals surface area (Å²) >= 11 is 1.12. The SMILES string of the molecule is CCOC(=O)c1sc(N)c(C#N)c1CN1CCN(c2ncccn2)CC1. The summed E-state index contributed by atoms with van der Waals surface area (Å²) in [4.78, 5) is 25.5. The van der Waals surface area contributed by atoms with Crippen molar-refractivity contribution in [3.8, 4) is 6.07 Å². The molecule has 1 aliphatic heterocycles. The van der Waals surface area contributed by atoms with E-state index in [2.05, 4.69) is 25.8 Å². The van der Waals surface area contributed by atoms with Crippen molar-refractivity contribution in [2.24, 2.45) is 0 Å². The summed E-state index contributed by atoms with van der Waals surface area (Å²) in [6.07, 6.45) is 3.46. The maximum atomic E-state index is 12.2. The minimum atomic E-state index is -0.419. The number of nitrogens with two attached hydrogens (primary N) is 1. The van der Waals surface area contributed by atoms with E-state index in [0.717, 1.165) is 43.5 Å². The summed E-state index contributed by atoms with van der Waals surface area (Å²) in [6, 6.07) is 3.92. The minimum absolute atomic E-state index is 0.285. The van der Waals surface area contributed by atoms with Gasteiger partial charge in [-0.05, 0) is 13.0 Å². The molecule has 0 aromatic carbocycles. The highest BCUT2D eigenvalue weighted by molar-refractivity contribution is 7.18. The third kappa shape index (κ3) is 3.76. The van der Waals surface area contributed by atoms with Crippen LogP contribution in [0.15, 0.2) is 18.5 Å². The zero-order valence-corrected chi connectivity index (χ0v) is 15.3. The molecular formula is C17H20N6O2S. The lowest BCUT2D eigenvalue weighted by atomic mass is 10.1. The number of thiophene rings is 1. The number of carbonyl (C=O) groups excluding carboxylic acids is 1. The Bertz CT molecular complexity index is 809. The standard InChI is InChI=1S/C17H20N6O2S/c1-2-25-16(24)14-13(12(10-18)15(19)26-14)11-22-6-8-23(9-7-22)17-20-4-3-5-21-17/h3-5H,2,6-9,11,19H2,1H3. The second-order valence-electron chi connectivity index (χ2n) is 5.79. The Morgan fingerprint density at radius 1 is 1.35 bits per heavy atom. The Morgan fingerprint density at radius 2 is 2.04 bits per heavy atom. The Morgan fingerprint density at radius 3 is 2.65 bits per heavy atom. The van der Waals surface area contributed by atoms with Gasteiger partial charge in [-0.25, -0.2) is 14.8 Å². The summed E-state index contributed by atoms with van der Waals surface area (Å²) in [6.45, 7) is 5.65. The van der Waals surface area contributed by atoms with E-state index in [9.17, 15) is 10.1 Å². The first-order chi connectivity index (χ1) is 12.6. The van der Waals surface area contributed by atoms with E-state index in [1.165, 1.54) is 0 Å². The van der Waals surface area contributed by atoms with Crippen molar-refractivity contribution in [3.05, 3.63) is 34.5 Å². The van der Waals surface area contributed by atoms with Crippen molar-refractivity contribution in [1.82, 2.24) is 14.9 Å². The molecule has 136 valence electrons. The predicted octanol–water partition coefficient (Wildman–Crippen LogP) is 1.49. The Balaban J connectivity index is 1.72. The van der Waals surface area contributed by atoms with Gasteiger partial charge in [-0.15, -0.1) is 11.3 Å². The molecule has 26 heavy (non-hydrogen) atoms. The quantitative estimate of drug-likeness (QED) is 0.787. The molecule has 9 heteroatoms. The molecule has 0 bridgehead atoms. The molecule has 2 N–H and O–H groups in total. The number of nitrogen functional groups attached to an aromatic ring is 1. The van der Waals surface area contributed by atoms with Gasteiger partial charge in [-0.2, -0.15) is 5.26 Å². The number of anilines is 2.